The van der Waals surface area contributed by atoms with Crippen molar-refractivity contribution in [3.8, 4) is 0 Å². The molecule has 1 unspecified atom stereocenters. The molecule has 1 atom stereocenters. The molecule has 0 aliphatic rings. The predicted molar refractivity (Wildman–Crippen MR) is 80.4 cm³/mol. The quantitative estimate of drug-likeness (QED) is 0.848. The minimum atomic E-state index is -0.384. The van der Waals surface area contributed by atoms with E-state index in [0.29, 0.717) is 5.69 Å². The Morgan fingerprint density at radius 3 is 2.25 bits per heavy atom. The van der Waals surface area contributed by atoms with Gasteiger partial charge in [-0.15, -0.1) is 0 Å². The van der Waals surface area contributed by atoms with Crippen molar-refractivity contribution >= 4 is 0 Å². The average molecular weight is 271 g/mol. The lowest BCUT2D eigenvalue weighted by atomic mass is 9.74. The first-order chi connectivity index (χ1) is 9.30. The third-order valence-corrected chi connectivity index (χ3v) is 3.47. The van der Waals surface area contributed by atoms with Crippen molar-refractivity contribution in [3.05, 3.63) is 69.6 Å². The molecule has 0 radical (unpaired) electrons. The Kier molecular flexibility index (Phi) is 3.71. The molecule has 3 nitrogen and oxygen atoms in total. The Hall–Kier alpha value is -2.03. The second-order valence-corrected chi connectivity index (χ2v) is 6.32. The van der Waals surface area contributed by atoms with E-state index < -0.39 is 0 Å². The molecule has 1 N–H and O–H groups in total. The van der Waals surface area contributed by atoms with Crippen molar-refractivity contribution in [2.75, 3.05) is 0 Å². The van der Waals surface area contributed by atoms with Crippen molar-refractivity contribution in [1.82, 2.24) is 4.73 Å². The fraction of sp³-hybridized carbons (Fsp3) is 0.353. The Bertz CT molecular complexity index is 651. The summed E-state index contributed by atoms with van der Waals surface area (Å²) in [6.45, 7) is 8.20. The first-order valence-corrected chi connectivity index (χ1v) is 6.78. The predicted octanol–water partition coefficient (Wildman–Crippen LogP) is 3.57. The molecule has 106 valence electrons. The number of rotatable bonds is 2. The smallest absolute Gasteiger partial charge is 0.283 e. The van der Waals surface area contributed by atoms with Gasteiger partial charge in [-0.2, -0.15) is 4.73 Å². The largest absolute Gasteiger partial charge is 0.425 e. The van der Waals surface area contributed by atoms with Crippen LogP contribution in [-0.2, 0) is 0 Å². The van der Waals surface area contributed by atoms with E-state index in [9.17, 15) is 10.0 Å². The Labute approximate surface area is 119 Å². The third-order valence-electron chi connectivity index (χ3n) is 3.47. The minimum absolute atomic E-state index is 0.0544. The van der Waals surface area contributed by atoms with E-state index in [4.69, 9.17) is 0 Å². The van der Waals surface area contributed by atoms with Crippen LogP contribution < -0.4 is 5.56 Å². The van der Waals surface area contributed by atoms with Gasteiger partial charge in [0.05, 0.1) is 5.69 Å². The maximum absolute atomic E-state index is 11.8. The maximum Gasteiger partial charge on any atom is 0.283 e. The summed E-state index contributed by atoms with van der Waals surface area (Å²) in [6.07, 6.45) is 0. The third kappa shape index (κ3) is 2.77. The van der Waals surface area contributed by atoms with Gasteiger partial charge in [-0.3, -0.25) is 4.79 Å². The molecule has 1 aromatic heterocycles. The molecule has 20 heavy (non-hydrogen) atoms. The molecule has 2 rings (SSSR count). The molecule has 0 bridgehead atoms. The molecule has 0 saturated carbocycles. The highest BCUT2D eigenvalue weighted by atomic mass is 16.5. The molecular weight excluding hydrogens is 250 g/mol. The molecule has 2 aromatic rings. The van der Waals surface area contributed by atoms with Crippen molar-refractivity contribution in [2.24, 2.45) is 5.41 Å². The van der Waals surface area contributed by atoms with Crippen LogP contribution >= 0.6 is 0 Å². The summed E-state index contributed by atoms with van der Waals surface area (Å²) < 4.78 is 0.774. The monoisotopic (exact) mass is 271 g/mol. The van der Waals surface area contributed by atoms with E-state index in [0.717, 1.165) is 15.9 Å². The molecule has 0 saturated heterocycles. The fourth-order valence-corrected chi connectivity index (χ4v) is 2.68. The van der Waals surface area contributed by atoms with Crippen LogP contribution in [0, 0.1) is 12.3 Å². The number of benzene rings is 1. The molecule has 0 fully saturated rings. The average Bonchev–Trinajstić information content (AvgIpc) is 2.35. The SMILES string of the molecule is Cc1cc(C(c2ccccc2)C(C)(C)C)n(O)c(=O)c1. The van der Waals surface area contributed by atoms with Crippen LogP contribution in [0.25, 0.3) is 0 Å². The molecule has 0 aliphatic heterocycles. The standard InChI is InChI=1S/C17H21NO2/c1-12-10-14(18(20)15(19)11-12)16(17(2,3)4)13-8-6-5-7-9-13/h5-11,16,20H,1-4H3. The van der Waals surface area contributed by atoms with E-state index in [1.807, 2.05) is 43.3 Å². The van der Waals surface area contributed by atoms with Crippen molar-refractivity contribution in [1.29, 1.82) is 0 Å². The Morgan fingerprint density at radius 1 is 1.10 bits per heavy atom. The van der Waals surface area contributed by atoms with Gasteiger partial charge in [0.1, 0.15) is 0 Å². The van der Waals surface area contributed by atoms with Crippen LogP contribution in [0.5, 0.6) is 0 Å². The van der Waals surface area contributed by atoms with Crippen LogP contribution in [0.2, 0.25) is 0 Å². The normalized spacial score (nSPS) is 13.2. The second-order valence-electron chi connectivity index (χ2n) is 6.32. The number of aromatic nitrogens is 1. The number of aryl methyl sites for hydroxylation is 1. The lowest BCUT2D eigenvalue weighted by molar-refractivity contribution is 0.152. The second kappa shape index (κ2) is 5.16. The van der Waals surface area contributed by atoms with E-state index in [2.05, 4.69) is 20.8 Å². The van der Waals surface area contributed by atoms with Crippen molar-refractivity contribution in [2.45, 2.75) is 33.6 Å². The first kappa shape index (κ1) is 14.4. The van der Waals surface area contributed by atoms with Gasteiger partial charge in [-0.1, -0.05) is 51.1 Å². The summed E-state index contributed by atoms with van der Waals surface area (Å²) in [5.74, 6) is -0.0544. The molecule has 0 amide bonds. The highest BCUT2D eigenvalue weighted by Crippen LogP contribution is 2.39. The fourth-order valence-electron chi connectivity index (χ4n) is 2.68. The van der Waals surface area contributed by atoms with Crippen LogP contribution in [0.1, 0.15) is 43.5 Å². The first-order valence-electron chi connectivity index (χ1n) is 6.78. The van der Waals surface area contributed by atoms with Crippen LogP contribution in [0.15, 0.2) is 47.3 Å². The molecule has 0 spiro atoms. The van der Waals surface area contributed by atoms with Crippen LogP contribution in [0.4, 0.5) is 0 Å². The molecule has 3 heteroatoms. The maximum atomic E-state index is 11.8. The zero-order valence-corrected chi connectivity index (χ0v) is 12.4. The Morgan fingerprint density at radius 2 is 1.70 bits per heavy atom. The summed E-state index contributed by atoms with van der Waals surface area (Å²) in [6, 6.07) is 13.3. The van der Waals surface area contributed by atoms with Crippen molar-refractivity contribution in [3.63, 3.8) is 0 Å². The molecule has 1 aromatic carbocycles. The molecule has 0 aliphatic carbocycles. The van der Waals surface area contributed by atoms with Gasteiger partial charge in [0, 0.05) is 12.0 Å². The number of pyridine rings is 1. The van der Waals surface area contributed by atoms with E-state index in [-0.39, 0.29) is 16.9 Å². The van der Waals surface area contributed by atoms with Gasteiger partial charge >= 0.3 is 0 Å². The van der Waals surface area contributed by atoms with Gasteiger partial charge in [0.2, 0.25) is 0 Å². The van der Waals surface area contributed by atoms with Gasteiger partial charge in [-0.25, -0.2) is 0 Å². The van der Waals surface area contributed by atoms with E-state index in [1.165, 1.54) is 6.07 Å². The number of hydrogen-bond acceptors (Lipinski definition) is 2. The van der Waals surface area contributed by atoms with Crippen LogP contribution in [0.3, 0.4) is 0 Å². The lowest BCUT2D eigenvalue weighted by Crippen LogP contribution is -2.29. The minimum Gasteiger partial charge on any atom is -0.425 e. The summed E-state index contributed by atoms with van der Waals surface area (Å²) in [7, 11) is 0. The molecular formula is C17H21NO2. The molecule has 1 heterocycles. The lowest BCUT2D eigenvalue weighted by Gasteiger charge is -2.32. The van der Waals surface area contributed by atoms with Gasteiger partial charge in [0.25, 0.3) is 5.56 Å². The van der Waals surface area contributed by atoms with Crippen molar-refractivity contribution < 1.29 is 5.21 Å². The highest BCUT2D eigenvalue weighted by molar-refractivity contribution is 5.32. The summed E-state index contributed by atoms with van der Waals surface area (Å²) in [5.41, 5.74) is 2.08. The summed E-state index contributed by atoms with van der Waals surface area (Å²) >= 11 is 0. The van der Waals surface area contributed by atoms with E-state index >= 15 is 0 Å². The van der Waals surface area contributed by atoms with Gasteiger partial charge in [-0.05, 0) is 29.5 Å². The summed E-state index contributed by atoms with van der Waals surface area (Å²) in [5, 5.41) is 10.1. The van der Waals surface area contributed by atoms with E-state index in [1.54, 1.807) is 0 Å². The van der Waals surface area contributed by atoms with Gasteiger partial charge < -0.3 is 5.21 Å². The van der Waals surface area contributed by atoms with Gasteiger partial charge in [0.15, 0.2) is 0 Å². The highest BCUT2D eigenvalue weighted by Gasteiger charge is 2.30. The number of hydrogen-bond donors (Lipinski definition) is 1. The zero-order valence-electron chi connectivity index (χ0n) is 12.4. The summed E-state index contributed by atoms with van der Waals surface area (Å²) in [4.78, 5) is 11.8. The number of nitrogens with zero attached hydrogens (tertiary/aromatic N) is 1. The topological polar surface area (TPSA) is 42.2 Å². The Balaban J connectivity index is 2.69. The zero-order chi connectivity index (χ0) is 14.9. The van der Waals surface area contributed by atoms with Crippen LogP contribution in [-0.4, -0.2) is 9.94 Å².